The van der Waals surface area contributed by atoms with Crippen molar-refractivity contribution in [2.24, 2.45) is 0 Å². The number of aryl methyl sites for hydroxylation is 1. The fraction of sp³-hybridized carbons (Fsp3) is 0.143. The zero-order valence-corrected chi connectivity index (χ0v) is 11.5. The van der Waals surface area contributed by atoms with Crippen LogP contribution in [0, 0.1) is 18.8 Å². The maximum absolute atomic E-state index is 12.1. The summed E-state index contributed by atoms with van der Waals surface area (Å²) in [4.78, 5) is 12.1. The van der Waals surface area contributed by atoms with Gasteiger partial charge in [-0.25, -0.2) is 0 Å². The monoisotopic (exact) mass is 289 g/mol. The zero-order chi connectivity index (χ0) is 14.5. The van der Waals surface area contributed by atoms with E-state index in [0.29, 0.717) is 27.5 Å². The first-order valence-electron chi connectivity index (χ1n) is 5.82. The Balaban J connectivity index is 2.31. The van der Waals surface area contributed by atoms with Crippen LogP contribution in [0.15, 0.2) is 24.4 Å². The van der Waals surface area contributed by atoms with E-state index in [4.69, 9.17) is 16.7 Å². The summed E-state index contributed by atoms with van der Waals surface area (Å²) in [5.41, 5.74) is 2.19. The molecule has 0 radical (unpaired) electrons. The van der Waals surface area contributed by atoms with Gasteiger partial charge in [0.1, 0.15) is 6.61 Å². The summed E-state index contributed by atoms with van der Waals surface area (Å²) < 4.78 is 0. The number of halogens is 1. The first kappa shape index (κ1) is 14.1. The molecule has 5 nitrogen and oxygen atoms in total. The molecule has 2 aromatic rings. The summed E-state index contributed by atoms with van der Waals surface area (Å²) in [7, 11) is 0. The minimum Gasteiger partial charge on any atom is -0.384 e. The van der Waals surface area contributed by atoms with Gasteiger partial charge in [0.15, 0.2) is 0 Å². The molecule has 1 aromatic heterocycles. The first-order chi connectivity index (χ1) is 9.61. The van der Waals surface area contributed by atoms with Crippen molar-refractivity contribution in [2.75, 3.05) is 11.9 Å². The summed E-state index contributed by atoms with van der Waals surface area (Å²) in [6.07, 6.45) is 1.45. The highest BCUT2D eigenvalue weighted by atomic mass is 35.5. The van der Waals surface area contributed by atoms with E-state index in [1.165, 1.54) is 6.20 Å². The predicted octanol–water partition coefficient (Wildman–Crippen LogP) is 1.97. The van der Waals surface area contributed by atoms with Gasteiger partial charge in [0.25, 0.3) is 5.91 Å². The number of H-pyrrole nitrogens is 1. The molecule has 0 unspecified atom stereocenters. The maximum Gasteiger partial charge on any atom is 0.259 e. The van der Waals surface area contributed by atoms with Crippen LogP contribution >= 0.6 is 11.6 Å². The lowest BCUT2D eigenvalue weighted by atomic mass is 10.1. The quantitative estimate of drug-likeness (QED) is 0.740. The van der Waals surface area contributed by atoms with Crippen molar-refractivity contribution in [3.05, 3.63) is 46.2 Å². The number of nitrogens with zero attached hydrogens (tertiary/aromatic N) is 1. The molecule has 1 amide bonds. The van der Waals surface area contributed by atoms with E-state index in [1.807, 2.05) is 0 Å². The molecule has 0 aliphatic heterocycles. The van der Waals surface area contributed by atoms with Crippen molar-refractivity contribution in [1.29, 1.82) is 0 Å². The highest BCUT2D eigenvalue weighted by Gasteiger charge is 2.12. The number of aliphatic hydroxyl groups excluding tert-OH is 1. The van der Waals surface area contributed by atoms with Crippen LogP contribution in [0.5, 0.6) is 0 Å². The Bertz CT molecular complexity index is 698. The summed E-state index contributed by atoms with van der Waals surface area (Å²) in [5, 5.41) is 18.5. The highest BCUT2D eigenvalue weighted by molar-refractivity contribution is 6.31. The van der Waals surface area contributed by atoms with Gasteiger partial charge in [-0.15, -0.1) is 0 Å². The second-order valence-corrected chi connectivity index (χ2v) is 4.45. The standard InChI is InChI=1S/C14H12ClN3O2/c1-9-12(8-16-18-9)14(20)17-13-7-11(15)5-4-10(13)3-2-6-19/h4-5,7-8,19H,6H2,1H3,(H,16,18)(H,17,20). The van der Waals surface area contributed by atoms with E-state index < -0.39 is 0 Å². The number of nitrogens with one attached hydrogen (secondary N) is 2. The molecular formula is C14H12ClN3O2. The van der Waals surface area contributed by atoms with Gasteiger partial charge in [-0.05, 0) is 25.1 Å². The van der Waals surface area contributed by atoms with E-state index in [0.717, 1.165) is 0 Å². The average Bonchev–Trinajstić information content (AvgIpc) is 2.84. The molecule has 6 heteroatoms. The van der Waals surface area contributed by atoms with Gasteiger partial charge in [0.05, 0.1) is 17.4 Å². The Labute approximate surface area is 121 Å². The molecule has 0 aliphatic rings. The molecule has 102 valence electrons. The topological polar surface area (TPSA) is 78.0 Å². The second-order valence-electron chi connectivity index (χ2n) is 4.01. The van der Waals surface area contributed by atoms with Crippen LogP contribution in [0.25, 0.3) is 0 Å². The Hall–Kier alpha value is -2.29. The number of hydrogen-bond donors (Lipinski definition) is 3. The van der Waals surface area contributed by atoms with Crippen molar-refractivity contribution < 1.29 is 9.90 Å². The highest BCUT2D eigenvalue weighted by Crippen LogP contribution is 2.21. The number of aromatic nitrogens is 2. The minimum atomic E-state index is -0.300. The summed E-state index contributed by atoms with van der Waals surface area (Å²) in [6.45, 7) is 1.50. The number of carbonyl (C=O) groups excluding carboxylic acids is 1. The third-order valence-corrected chi connectivity index (χ3v) is 2.84. The lowest BCUT2D eigenvalue weighted by molar-refractivity contribution is 0.102. The third-order valence-electron chi connectivity index (χ3n) is 2.61. The molecular weight excluding hydrogens is 278 g/mol. The lowest BCUT2D eigenvalue weighted by Crippen LogP contribution is -2.13. The van der Waals surface area contributed by atoms with Crippen LogP contribution in [-0.2, 0) is 0 Å². The van der Waals surface area contributed by atoms with Crippen molar-refractivity contribution in [1.82, 2.24) is 10.2 Å². The van der Waals surface area contributed by atoms with Gasteiger partial charge < -0.3 is 10.4 Å². The molecule has 0 spiro atoms. The van der Waals surface area contributed by atoms with E-state index in [9.17, 15) is 4.79 Å². The number of hydrogen-bond acceptors (Lipinski definition) is 3. The molecule has 0 atom stereocenters. The second kappa shape index (κ2) is 6.24. The summed E-state index contributed by atoms with van der Waals surface area (Å²) >= 11 is 5.92. The van der Waals surface area contributed by atoms with Crippen LogP contribution in [0.3, 0.4) is 0 Å². The van der Waals surface area contributed by atoms with Crippen molar-refractivity contribution in [2.45, 2.75) is 6.92 Å². The van der Waals surface area contributed by atoms with Gasteiger partial charge in [-0.2, -0.15) is 5.10 Å². The fourth-order valence-electron chi connectivity index (χ4n) is 1.63. The van der Waals surface area contributed by atoms with Gasteiger partial charge in [-0.1, -0.05) is 23.4 Å². The van der Waals surface area contributed by atoms with Gasteiger partial charge in [0.2, 0.25) is 0 Å². The largest absolute Gasteiger partial charge is 0.384 e. The first-order valence-corrected chi connectivity index (χ1v) is 6.20. The predicted molar refractivity (Wildman–Crippen MR) is 76.7 cm³/mol. The molecule has 0 aliphatic carbocycles. The van der Waals surface area contributed by atoms with Crippen molar-refractivity contribution in [3.8, 4) is 11.8 Å². The Morgan fingerprint density at radius 1 is 1.55 bits per heavy atom. The van der Waals surface area contributed by atoms with Crippen molar-refractivity contribution >= 4 is 23.2 Å². The lowest BCUT2D eigenvalue weighted by Gasteiger charge is -2.07. The molecule has 1 aromatic carbocycles. The van der Waals surface area contributed by atoms with Crippen LogP contribution < -0.4 is 5.32 Å². The number of anilines is 1. The fourth-order valence-corrected chi connectivity index (χ4v) is 1.81. The Kier molecular flexibility index (Phi) is 4.41. The third kappa shape index (κ3) is 3.18. The Morgan fingerprint density at radius 2 is 2.35 bits per heavy atom. The van der Waals surface area contributed by atoms with Gasteiger partial charge in [-0.3, -0.25) is 9.89 Å². The number of benzene rings is 1. The average molecular weight is 290 g/mol. The molecule has 2 rings (SSSR count). The zero-order valence-electron chi connectivity index (χ0n) is 10.7. The van der Waals surface area contributed by atoms with Crippen molar-refractivity contribution in [3.63, 3.8) is 0 Å². The van der Waals surface area contributed by atoms with Crippen LogP contribution in [-0.4, -0.2) is 27.8 Å². The van der Waals surface area contributed by atoms with E-state index in [1.54, 1.807) is 25.1 Å². The van der Waals surface area contributed by atoms with Gasteiger partial charge in [0, 0.05) is 16.3 Å². The molecule has 20 heavy (non-hydrogen) atoms. The molecule has 0 saturated carbocycles. The van der Waals surface area contributed by atoms with Crippen LogP contribution in [0.4, 0.5) is 5.69 Å². The summed E-state index contributed by atoms with van der Waals surface area (Å²) in [6, 6.07) is 4.96. The number of aromatic amines is 1. The summed E-state index contributed by atoms with van der Waals surface area (Å²) in [5.74, 6) is 4.99. The van der Waals surface area contributed by atoms with Gasteiger partial charge >= 0.3 is 0 Å². The molecule has 3 N–H and O–H groups in total. The Morgan fingerprint density at radius 3 is 3.00 bits per heavy atom. The van der Waals surface area contributed by atoms with Crippen LogP contribution in [0.2, 0.25) is 5.02 Å². The van der Waals surface area contributed by atoms with Crippen LogP contribution in [0.1, 0.15) is 21.6 Å². The molecule has 0 fully saturated rings. The molecule has 0 saturated heterocycles. The maximum atomic E-state index is 12.1. The molecule has 0 bridgehead atoms. The number of amides is 1. The normalized spacial score (nSPS) is 9.75. The molecule has 1 heterocycles. The number of aliphatic hydroxyl groups is 1. The SMILES string of the molecule is Cc1[nH]ncc1C(=O)Nc1cc(Cl)ccc1C#CCO. The van der Waals surface area contributed by atoms with E-state index in [-0.39, 0.29) is 12.5 Å². The number of carbonyl (C=O) groups is 1. The number of rotatable bonds is 2. The minimum absolute atomic E-state index is 0.253. The van der Waals surface area contributed by atoms with E-state index >= 15 is 0 Å². The smallest absolute Gasteiger partial charge is 0.259 e. The van der Waals surface area contributed by atoms with E-state index in [2.05, 4.69) is 27.4 Å².